The van der Waals surface area contributed by atoms with Crippen LogP contribution in [0.25, 0.3) is 0 Å². The minimum atomic E-state index is -0.311. The Bertz CT molecular complexity index is 297. The molecule has 0 aliphatic rings. The summed E-state index contributed by atoms with van der Waals surface area (Å²) in [5, 5.41) is 0. The first-order valence-electron chi connectivity index (χ1n) is 4.18. The summed E-state index contributed by atoms with van der Waals surface area (Å²) in [6.45, 7) is 0.275. The third-order valence-electron chi connectivity index (χ3n) is 1.61. The molecule has 0 spiro atoms. The summed E-state index contributed by atoms with van der Waals surface area (Å²) in [5.74, 6) is 0.184. The van der Waals surface area contributed by atoms with E-state index in [0.29, 0.717) is 5.75 Å². The van der Waals surface area contributed by atoms with Crippen LogP contribution in [0.2, 0.25) is 0 Å². The summed E-state index contributed by atoms with van der Waals surface area (Å²) in [5.41, 5.74) is 0. The minimum Gasteiger partial charge on any atom is -0.493 e. The molecule has 4 heteroatoms. The second-order valence-electron chi connectivity index (χ2n) is 2.72. The Labute approximate surface area is 86.6 Å². The molecule has 0 aliphatic heterocycles. The number of carbonyl (C=O) groups is 1. The van der Waals surface area contributed by atoms with E-state index in [4.69, 9.17) is 16.3 Å². The van der Waals surface area contributed by atoms with Crippen LogP contribution in [0.3, 0.4) is 0 Å². The number of hydrogen-bond acceptors (Lipinski definition) is 2. The van der Waals surface area contributed by atoms with Gasteiger partial charge in [0.15, 0.2) is 5.78 Å². The largest absolute Gasteiger partial charge is 0.493 e. The molecule has 0 aliphatic carbocycles. The van der Waals surface area contributed by atoms with Crippen LogP contribution in [0, 0.1) is 5.82 Å². The fraction of sp³-hybridized carbons (Fsp3) is 0.300. The van der Waals surface area contributed by atoms with Crippen molar-refractivity contribution in [3.63, 3.8) is 0 Å². The van der Waals surface area contributed by atoms with Crippen molar-refractivity contribution in [1.82, 2.24) is 0 Å². The van der Waals surface area contributed by atoms with Crippen LogP contribution in [0.1, 0.15) is 6.42 Å². The number of Topliss-reactive ketones (excluding diaryl/α,β-unsaturated/α-hetero) is 1. The lowest BCUT2D eigenvalue weighted by atomic mass is 10.3. The van der Waals surface area contributed by atoms with Crippen LogP contribution in [-0.2, 0) is 4.79 Å². The molecular weight excluding hydrogens is 207 g/mol. The molecule has 1 rings (SSSR count). The summed E-state index contributed by atoms with van der Waals surface area (Å²) in [7, 11) is 0. The van der Waals surface area contributed by atoms with Gasteiger partial charge in [0.25, 0.3) is 0 Å². The fourth-order valence-corrected chi connectivity index (χ4v) is 1.01. The van der Waals surface area contributed by atoms with Crippen LogP contribution in [0.4, 0.5) is 4.39 Å². The van der Waals surface area contributed by atoms with E-state index in [1.807, 2.05) is 0 Å². The van der Waals surface area contributed by atoms with Gasteiger partial charge in [-0.25, -0.2) is 4.39 Å². The maximum absolute atomic E-state index is 12.5. The number of alkyl halides is 1. The number of rotatable bonds is 5. The first-order chi connectivity index (χ1) is 6.72. The molecule has 0 N–H and O–H groups in total. The van der Waals surface area contributed by atoms with Crippen LogP contribution in [-0.4, -0.2) is 18.3 Å². The van der Waals surface area contributed by atoms with Gasteiger partial charge in [-0.05, 0) is 24.3 Å². The van der Waals surface area contributed by atoms with E-state index in [2.05, 4.69) is 0 Å². The number of ether oxygens (including phenoxy) is 1. The van der Waals surface area contributed by atoms with Crippen LogP contribution in [0.5, 0.6) is 5.75 Å². The van der Waals surface area contributed by atoms with Gasteiger partial charge in [-0.15, -0.1) is 11.6 Å². The standard InChI is InChI=1S/C10H10ClFO2/c11-7-9(13)5-6-14-10-3-1-8(12)2-4-10/h1-4H,5-7H2. The lowest BCUT2D eigenvalue weighted by Gasteiger charge is -2.04. The molecule has 1 aromatic rings. The molecule has 2 nitrogen and oxygen atoms in total. The quantitative estimate of drug-likeness (QED) is 0.707. The highest BCUT2D eigenvalue weighted by atomic mass is 35.5. The third-order valence-corrected chi connectivity index (χ3v) is 1.91. The van der Waals surface area contributed by atoms with E-state index in [9.17, 15) is 9.18 Å². The number of hydrogen-bond donors (Lipinski definition) is 0. The van der Waals surface area contributed by atoms with Crippen LogP contribution < -0.4 is 4.74 Å². The topological polar surface area (TPSA) is 26.3 Å². The number of carbonyl (C=O) groups excluding carboxylic acids is 1. The number of benzene rings is 1. The Morgan fingerprint density at radius 1 is 1.36 bits per heavy atom. The van der Waals surface area contributed by atoms with Gasteiger partial charge in [0.2, 0.25) is 0 Å². The normalized spacial score (nSPS) is 9.86. The van der Waals surface area contributed by atoms with Gasteiger partial charge in [-0.2, -0.15) is 0 Å². The van der Waals surface area contributed by atoms with Crippen molar-refractivity contribution in [2.24, 2.45) is 0 Å². The van der Waals surface area contributed by atoms with E-state index >= 15 is 0 Å². The van der Waals surface area contributed by atoms with Crippen molar-refractivity contribution in [3.8, 4) is 5.75 Å². The monoisotopic (exact) mass is 216 g/mol. The van der Waals surface area contributed by atoms with Gasteiger partial charge in [0, 0.05) is 6.42 Å². The number of ketones is 1. The molecule has 0 atom stereocenters. The van der Waals surface area contributed by atoms with E-state index in [1.165, 1.54) is 24.3 Å². The molecule has 0 aromatic heterocycles. The van der Waals surface area contributed by atoms with Crippen molar-refractivity contribution in [3.05, 3.63) is 30.1 Å². The predicted octanol–water partition coefficient (Wildman–Crippen LogP) is 2.40. The summed E-state index contributed by atoms with van der Waals surface area (Å²) in [6, 6.07) is 5.64. The first kappa shape index (κ1) is 11.0. The smallest absolute Gasteiger partial charge is 0.150 e. The third kappa shape index (κ3) is 3.75. The van der Waals surface area contributed by atoms with Crippen molar-refractivity contribution >= 4 is 17.4 Å². The van der Waals surface area contributed by atoms with Crippen molar-refractivity contribution in [2.75, 3.05) is 12.5 Å². The fourth-order valence-electron chi connectivity index (χ4n) is 0.880. The highest BCUT2D eigenvalue weighted by Gasteiger charge is 2.00. The lowest BCUT2D eigenvalue weighted by Crippen LogP contribution is -2.06. The molecule has 0 saturated heterocycles. The van der Waals surface area contributed by atoms with Gasteiger partial charge < -0.3 is 4.74 Å². The summed E-state index contributed by atoms with van der Waals surface area (Å²) in [4.78, 5) is 10.8. The average Bonchev–Trinajstić information content (AvgIpc) is 2.21. The van der Waals surface area contributed by atoms with Gasteiger partial charge in [-0.1, -0.05) is 0 Å². The summed E-state index contributed by atoms with van der Waals surface area (Å²) >= 11 is 5.30. The molecule has 0 heterocycles. The SMILES string of the molecule is O=C(CCl)CCOc1ccc(F)cc1. The Balaban J connectivity index is 2.31. The maximum Gasteiger partial charge on any atom is 0.150 e. The minimum absolute atomic E-state index is 0.00672. The Hall–Kier alpha value is -1.09. The molecular formula is C10H10ClFO2. The predicted molar refractivity (Wildman–Crippen MR) is 52.2 cm³/mol. The lowest BCUT2D eigenvalue weighted by molar-refractivity contribution is -0.117. The molecule has 0 saturated carbocycles. The zero-order chi connectivity index (χ0) is 10.4. The van der Waals surface area contributed by atoms with Crippen LogP contribution >= 0.6 is 11.6 Å². The molecule has 0 radical (unpaired) electrons. The molecule has 0 fully saturated rings. The zero-order valence-corrected chi connectivity index (χ0v) is 8.26. The molecule has 0 amide bonds. The average molecular weight is 217 g/mol. The Morgan fingerprint density at radius 2 is 2.00 bits per heavy atom. The molecule has 76 valence electrons. The maximum atomic E-state index is 12.5. The molecule has 0 bridgehead atoms. The first-order valence-corrected chi connectivity index (χ1v) is 4.72. The molecule has 0 unspecified atom stereocenters. The summed E-state index contributed by atoms with van der Waals surface area (Å²) in [6.07, 6.45) is 0.279. The van der Waals surface area contributed by atoms with Crippen molar-refractivity contribution in [2.45, 2.75) is 6.42 Å². The highest BCUT2D eigenvalue weighted by molar-refractivity contribution is 6.27. The van der Waals surface area contributed by atoms with Gasteiger partial charge in [0.05, 0.1) is 12.5 Å². The van der Waals surface area contributed by atoms with Gasteiger partial charge in [0.1, 0.15) is 11.6 Å². The van der Waals surface area contributed by atoms with Gasteiger partial charge >= 0.3 is 0 Å². The van der Waals surface area contributed by atoms with E-state index in [-0.39, 0.29) is 30.5 Å². The van der Waals surface area contributed by atoms with E-state index in [1.54, 1.807) is 0 Å². The highest BCUT2D eigenvalue weighted by Crippen LogP contribution is 2.11. The second kappa shape index (κ2) is 5.60. The Morgan fingerprint density at radius 3 is 2.57 bits per heavy atom. The van der Waals surface area contributed by atoms with Gasteiger partial charge in [-0.3, -0.25) is 4.79 Å². The zero-order valence-electron chi connectivity index (χ0n) is 7.50. The van der Waals surface area contributed by atoms with E-state index in [0.717, 1.165) is 0 Å². The van der Waals surface area contributed by atoms with Crippen LogP contribution in [0.15, 0.2) is 24.3 Å². The summed E-state index contributed by atoms with van der Waals surface area (Å²) < 4.78 is 17.7. The molecule has 14 heavy (non-hydrogen) atoms. The second-order valence-corrected chi connectivity index (χ2v) is 2.99. The van der Waals surface area contributed by atoms with Crippen molar-refractivity contribution < 1.29 is 13.9 Å². The van der Waals surface area contributed by atoms with Crippen molar-refractivity contribution in [1.29, 1.82) is 0 Å². The number of halogens is 2. The molecule has 1 aromatic carbocycles. The van der Waals surface area contributed by atoms with E-state index < -0.39 is 0 Å². The Kier molecular flexibility index (Phi) is 4.40.